The summed E-state index contributed by atoms with van der Waals surface area (Å²) in [7, 11) is 0. The number of amides is 8. The third-order valence-corrected chi connectivity index (χ3v) is 8.69. The number of nitrogens with two attached hydrogens (primary N) is 7. The van der Waals surface area contributed by atoms with Crippen LogP contribution in [0.5, 0.6) is 0 Å². The van der Waals surface area contributed by atoms with E-state index in [0.717, 1.165) is 0 Å². The minimum Gasteiger partial charge on any atom is -0.370 e. The first-order valence-electron chi connectivity index (χ1n) is 18.4. The highest BCUT2D eigenvalue weighted by Crippen LogP contribution is 2.07. The third kappa shape index (κ3) is 24.5. The van der Waals surface area contributed by atoms with Gasteiger partial charge in [-0.15, -0.1) is 12.4 Å². The van der Waals surface area contributed by atoms with Crippen molar-refractivity contribution in [1.29, 1.82) is 0 Å². The van der Waals surface area contributed by atoms with Crippen molar-refractivity contribution < 1.29 is 38.4 Å². The summed E-state index contributed by atoms with van der Waals surface area (Å²) >= 11 is 8.16. The zero-order chi connectivity index (χ0) is 45.2. The summed E-state index contributed by atoms with van der Waals surface area (Å²) in [5, 5.41) is 17.4. The summed E-state index contributed by atoms with van der Waals surface area (Å²) in [6.45, 7) is 4.11. The van der Waals surface area contributed by atoms with Gasteiger partial charge in [-0.1, -0.05) is 0 Å². The van der Waals surface area contributed by atoms with E-state index in [4.69, 9.17) is 40.1 Å². The summed E-state index contributed by atoms with van der Waals surface area (Å²) in [6.07, 6.45) is 0.455. The second kappa shape index (κ2) is 30.6. The number of guanidine groups is 3. The quantitative estimate of drug-likeness (QED) is 0.0150. The number of carbonyl (C=O) groups is 8. The van der Waals surface area contributed by atoms with Crippen LogP contribution in [0.15, 0.2) is 15.0 Å². The maximum absolute atomic E-state index is 13.9. The standard InChI is InChI=1S/C32H61N17O8S2.ClH/c1-15(23(33)51)43-25(53)18(7-4-10-40-30(34)35)47-27(55)20(9-6-12-42-32(38)39)48-26(54)19(8-5-11-41-31(36)37)46-24(52)16(2)44-28(56)22(14-59)49-29(57)21(13-58)45-17(3)50;/h15-16,18-22,58-59H,4-14H2,1-3H3,(H2,33,51)(H,43,53)(H,44,56)(H,45,50)(H,46,52)(H,47,55)(H,48,54)(H,49,57)(H4,34,35,40)(H4,36,37,41)(H4,38,39,42);1H/t15-,16-,18-,19-,20-,21-,22+;/m1./s1. The minimum absolute atomic E-state index is 0. The number of thiol groups is 2. The van der Waals surface area contributed by atoms with Crippen LogP contribution in [-0.4, -0.2) is 139 Å². The lowest BCUT2D eigenvalue weighted by atomic mass is 10.0. The molecule has 0 unspecified atom stereocenters. The molecule has 0 radical (unpaired) electrons. The zero-order valence-corrected chi connectivity index (χ0v) is 36.4. The third-order valence-electron chi connectivity index (χ3n) is 7.96. The molecule has 7 atom stereocenters. The van der Waals surface area contributed by atoms with Gasteiger partial charge in [0.05, 0.1) is 0 Å². The van der Waals surface area contributed by atoms with Crippen LogP contribution >= 0.6 is 37.7 Å². The molecule has 0 aliphatic heterocycles. The van der Waals surface area contributed by atoms with Crippen LogP contribution in [0, 0.1) is 0 Å². The number of nitrogens with one attached hydrogen (secondary N) is 7. The predicted octanol–water partition coefficient (Wildman–Crippen LogP) is -6.63. The number of halogens is 1. The van der Waals surface area contributed by atoms with Gasteiger partial charge in [-0.25, -0.2) is 0 Å². The molecule has 25 nitrogen and oxygen atoms in total. The molecule has 0 spiro atoms. The summed E-state index contributed by atoms with van der Waals surface area (Å²) in [5.74, 6) is -6.94. The fraction of sp³-hybridized carbons (Fsp3) is 0.656. The van der Waals surface area contributed by atoms with Crippen LogP contribution in [0.25, 0.3) is 0 Å². The molecule has 0 rings (SSSR count). The van der Waals surface area contributed by atoms with Gasteiger partial charge >= 0.3 is 0 Å². The zero-order valence-electron chi connectivity index (χ0n) is 33.8. The van der Waals surface area contributed by atoms with Crippen molar-refractivity contribution in [2.45, 2.75) is 102 Å². The van der Waals surface area contributed by atoms with E-state index in [2.05, 4.69) is 77.5 Å². The Balaban J connectivity index is 0. The van der Waals surface area contributed by atoms with E-state index in [1.165, 1.54) is 20.8 Å². The number of nitrogens with zero attached hydrogens (tertiary/aromatic N) is 3. The molecule has 0 aliphatic rings. The smallest absolute Gasteiger partial charge is 0.244 e. The van der Waals surface area contributed by atoms with Gasteiger partial charge in [0.25, 0.3) is 0 Å². The molecule has 0 aromatic carbocycles. The maximum atomic E-state index is 13.9. The van der Waals surface area contributed by atoms with E-state index in [-0.39, 0.29) is 100.0 Å². The number of carbonyl (C=O) groups excluding carboxylic acids is 8. The highest BCUT2D eigenvalue weighted by Gasteiger charge is 2.32. The lowest BCUT2D eigenvalue weighted by Gasteiger charge is -2.27. The van der Waals surface area contributed by atoms with Gasteiger partial charge in [-0.2, -0.15) is 25.3 Å². The largest absolute Gasteiger partial charge is 0.370 e. The van der Waals surface area contributed by atoms with E-state index in [9.17, 15) is 38.4 Å². The van der Waals surface area contributed by atoms with Crippen molar-refractivity contribution in [3.63, 3.8) is 0 Å². The van der Waals surface area contributed by atoms with Crippen molar-refractivity contribution in [1.82, 2.24) is 37.2 Å². The second-order valence-corrected chi connectivity index (χ2v) is 13.8. The van der Waals surface area contributed by atoms with E-state index in [1.54, 1.807) is 0 Å². The van der Waals surface area contributed by atoms with Gasteiger partial charge < -0.3 is 77.4 Å². The highest BCUT2D eigenvalue weighted by molar-refractivity contribution is 7.80. The Morgan fingerprint density at radius 2 is 0.733 bits per heavy atom. The first-order chi connectivity index (χ1) is 27.6. The number of hydrogen-bond donors (Lipinski definition) is 16. The molecule has 0 aromatic heterocycles. The molecule has 0 saturated carbocycles. The van der Waals surface area contributed by atoms with E-state index in [0.29, 0.717) is 0 Å². The Kier molecular flexibility index (Phi) is 28.9. The first-order valence-corrected chi connectivity index (χ1v) is 19.7. The second-order valence-electron chi connectivity index (χ2n) is 13.1. The van der Waals surface area contributed by atoms with Crippen LogP contribution in [0.2, 0.25) is 0 Å². The normalized spacial score (nSPS) is 13.9. The van der Waals surface area contributed by atoms with Crippen LogP contribution in [0.1, 0.15) is 59.3 Å². The molecule has 21 N–H and O–H groups in total. The summed E-state index contributed by atoms with van der Waals surface area (Å²) in [6, 6.07) is -8.54. The molecule has 8 amide bonds. The van der Waals surface area contributed by atoms with Crippen LogP contribution in [-0.2, 0) is 38.4 Å². The highest BCUT2D eigenvalue weighted by atomic mass is 35.5. The molecule has 0 saturated heterocycles. The topological polar surface area (TPSA) is 440 Å². The van der Waals surface area contributed by atoms with Crippen molar-refractivity contribution in [3.8, 4) is 0 Å². The molecule has 0 aliphatic carbocycles. The van der Waals surface area contributed by atoms with Gasteiger partial charge in [-0.3, -0.25) is 53.3 Å². The molecule has 0 aromatic rings. The molecule has 60 heavy (non-hydrogen) atoms. The van der Waals surface area contributed by atoms with Gasteiger partial charge in [-0.05, 0) is 52.4 Å². The van der Waals surface area contributed by atoms with Crippen molar-refractivity contribution in [3.05, 3.63) is 0 Å². The number of rotatable bonds is 28. The Bertz CT molecular complexity index is 1550. The molecule has 0 fully saturated rings. The van der Waals surface area contributed by atoms with E-state index >= 15 is 0 Å². The Morgan fingerprint density at radius 1 is 0.450 bits per heavy atom. The van der Waals surface area contributed by atoms with Crippen LogP contribution < -0.4 is 77.4 Å². The van der Waals surface area contributed by atoms with Crippen LogP contribution in [0.4, 0.5) is 0 Å². The van der Waals surface area contributed by atoms with Gasteiger partial charge in [0.15, 0.2) is 17.9 Å². The van der Waals surface area contributed by atoms with Gasteiger partial charge in [0.1, 0.15) is 42.3 Å². The van der Waals surface area contributed by atoms with Gasteiger partial charge in [0, 0.05) is 38.1 Å². The summed E-state index contributed by atoms with van der Waals surface area (Å²) in [4.78, 5) is 115. The molecular weight excluding hydrogens is 850 g/mol. The van der Waals surface area contributed by atoms with Crippen molar-refractivity contribution >= 4 is 103 Å². The first kappa shape index (κ1) is 56.7. The monoisotopic (exact) mass is 911 g/mol. The fourth-order valence-electron chi connectivity index (χ4n) is 4.83. The maximum Gasteiger partial charge on any atom is 0.244 e. The lowest BCUT2D eigenvalue weighted by Crippen LogP contribution is -2.59. The van der Waals surface area contributed by atoms with E-state index in [1.807, 2.05) is 0 Å². The number of aliphatic imine (C=N–C) groups is 3. The van der Waals surface area contributed by atoms with Crippen molar-refractivity contribution in [2.24, 2.45) is 55.1 Å². The molecule has 0 heterocycles. The lowest BCUT2D eigenvalue weighted by molar-refractivity contribution is -0.135. The molecule has 0 bridgehead atoms. The fourth-order valence-corrected chi connectivity index (χ4v) is 5.34. The minimum atomic E-state index is -1.33. The van der Waals surface area contributed by atoms with Crippen LogP contribution in [0.3, 0.4) is 0 Å². The van der Waals surface area contributed by atoms with E-state index < -0.39 is 89.6 Å². The predicted molar refractivity (Wildman–Crippen MR) is 234 cm³/mol. The Morgan fingerprint density at radius 3 is 1.07 bits per heavy atom. The Hall–Kier alpha value is -5.44. The average Bonchev–Trinajstić information content (AvgIpc) is 3.15. The Labute approximate surface area is 365 Å². The summed E-state index contributed by atoms with van der Waals surface area (Å²) in [5.41, 5.74) is 37.8. The molecule has 342 valence electrons. The van der Waals surface area contributed by atoms with Crippen molar-refractivity contribution in [2.75, 3.05) is 31.1 Å². The molecular formula is C32H62ClN17O8S2. The van der Waals surface area contributed by atoms with Gasteiger partial charge in [0.2, 0.25) is 47.3 Å². The number of primary amides is 1. The average molecular weight is 913 g/mol. The summed E-state index contributed by atoms with van der Waals surface area (Å²) < 4.78 is 0. The SMILES string of the molecule is CC(=O)N[C@H](CS)C(=O)N[C@@H](CS)C(=O)N[C@H](C)C(=O)N[C@H](CCCN=C(N)N)C(=O)N[C@H](CCCN=C(N)N)C(=O)N[C@H](CCCN=C(N)N)C(=O)N[C@H](C)C(N)=O.Cl. The molecule has 28 heteroatoms. The number of hydrogen-bond acceptors (Lipinski definition) is 13.